The van der Waals surface area contributed by atoms with E-state index in [0.717, 1.165) is 34.1 Å². The number of benzene rings is 3. The summed E-state index contributed by atoms with van der Waals surface area (Å²) in [4.78, 5) is 11.2. The van der Waals surface area contributed by atoms with Crippen LogP contribution >= 0.6 is 0 Å². The van der Waals surface area contributed by atoms with Gasteiger partial charge in [-0.05, 0) is 59.9 Å². The molecule has 3 aromatic rings. The van der Waals surface area contributed by atoms with Gasteiger partial charge in [0.15, 0.2) is 6.29 Å². The first-order valence-electron chi connectivity index (χ1n) is 9.97. The van der Waals surface area contributed by atoms with Crippen molar-refractivity contribution in [2.45, 2.75) is 13.5 Å². The molecule has 32 heavy (non-hydrogen) atoms. The summed E-state index contributed by atoms with van der Waals surface area (Å²) < 4.78 is 5.21. The van der Waals surface area contributed by atoms with E-state index in [2.05, 4.69) is 47.4 Å². The average molecular weight is 412 g/mol. The Morgan fingerprint density at radius 2 is 1.28 bits per heavy atom. The standard InChI is InChI=1S/C30H20O2/c1-24-12-11-20-28(22-31)30(24)21-10-9-16-26-14-4-3-13-25(26)15-5-6-17-27-18-7-8-19-29(27)23-32-2/h3-4,7-8,11-14,18-20,22H,23H2,1-2H3. The fraction of sp³-hybridized carbons (Fsp3) is 0.100. The van der Waals surface area contributed by atoms with E-state index in [-0.39, 0.29) is 0 Å². The zero-order valence-corrected chi connectivity index (χ0v) is 18.0. The quantitative estimate of drug-likeness (QED) is 0.458. The van der Waals surface area contributed by atoms with Gasteiger partial charge in [0.1, 0.15) is 0 Å². The molecular formula is C30H20O2. The molecule has 3 rings (SSSR count). The van der Waals surface area contributed by atoms with Gasteiger partial charge in [0.05, 0.1) is 6.61 Å². The Morgan fingerprint density at radius 3 is 1.91 bits per heavy atom. The molecule has 0 bridgehead atoms. The lowest BCUT2D eigenvalue weighted by Crippen LogP contribution is -1.91. The summed E-state index contributed by atoms with van der Waals surface area (Å²) in [7, 11) is 1.66. The molecule has 0 N–H and O–H groups in total. The van der Waals surface area contributed by atoms with Crippen molar-refractivity contribution in [3.8, 4) is 47.4 Å². The molecule has 0 spiro atoms. The smallest absolute Gasteiger partial charge is 0.151 e. The molecule has 0 saturated carbocycles. The highest BCUT2D eigenvalue weighted by Gasteiger charge is 2.00. The SMILES string of the molecule is COCc1ccccc1C#CC#Cc1ccccc1C#CC#Cc1c(C)cccc1C=O. The van der Waals surface area contributed by atoms with Gasteiger partial charge in [-0.25, -0.2) is 0 Å². The second-order valence-corrected chi connectivity index (χ2v) is 6.79. The van der Waals surface area contributed by atoms with Gasteiger partial charge in [-0.3, -0.25) is 4.79 Å². The Morgan fingerprint density at radius 1 is 0.719 bits per heavy atom. The number of hydrogen-bond donors (Lipinski definition) is 0. The Balaban J connectivity index is 1.82. The zero-order chi connectivity index (χ0) is 22.6. The highest BCUT2D eigenvalue weighted by atomic mass is 16.5. The van der Waals surface area contributed by atoms with E-state index in [1.54, 1.807) is 13.2 Å². The van der Waals surface area contributed by atoms with Gasteiger partial charge in [-0.2, -0.15) is 0 Å². The molecule has 0 amide bonds. The monoisotopic (exact) mass is 412 g/mol. The first kappa shape index (κ1) is 22.2. The topological polar surface area (TPSA) is 26.3 Å². The van der Waals surface area contributed by atoms with Gasteiger partial charge < -0.3 is 4.74 Å². The van der Waals surface area contributed by atoms with E-state index in [4.69, 9.17) is 4.74 Å². The largest absolute Gasteiger partial charge is 0.380 e. The number of methoxy groups -OCH3 is 1. The summed E-state index contributed by atoms with van der Waals surface area (Å²) in [6, 6.07) is 21.0. The van der Waals surface area contributed by atoms with E-state index in [9.17, 15) is 4.79 Å². The minimum atomic E-state index is 0.509. The fourth-order valence-corrected chi connectivity index (χ4v) is 2.97. The average Bonchev–Trinajstić information content (AvgIpc) is 2.82. The van der Waals surface area contributed by atoms with Crippen molar-refractivity contribution >= 4 is 6.29 Å². The molecule has 0 aliphatic heterocycles. The molecule has 152 valence electrons. The second-order valence-electron chi connectivity index (χ2n) is 6.79. The maximum atomic E-state index is 11.2. The summed E-state index contributed by atoms with van der Waals surface area (Å²) in [5.41, 5.74) is 5.70. The lowest BCUT2D eigenvalue weighted by molar-refractivity contribution is 0.112. The van der Waals surface area contributed by atoms with E-state index in [1.807, 2.05) is 67.6 Å². The minimum absolute atomic E-state index is 0.509. The van der Waals surface area contributed by atoms with Crippen molar-refractivity contribution in [1.29, 1.82) is 0 Å². The van der Waals surface area contributed by atoms with Gasteiger partial charge >= 0.3 is 0 Å². The first-order valence-corrected chi connectivity index (χ1v) is 9.97. The Kier molecular flexibility index (Phi) is 8.09. The number of rotatable bonds is 3. The molecule has 0 atom stereocenters. The lowest BCUT2D eigenvalue weighted by atomic mass is 10.0. The van der Waals surface area contributed by atoms with Crippen LogP contribution in [0.1, 0.15) is 43.7 Å². The third-order valence-corrected chi connectivity index (χ3v) is 4.58. The third-order valence-electron chi connectivity index (χ3n) is 4.58. The van der Waals surface area contributed by atoms with Gasteiger partial charge in [0, 0.05) is 34.9 Å². The second kappa shape index (κ2) is 11.6. The number of carbonyl (C=O) groups is 1. The highest BCUT2D eigenvalue weighted by Crippen LogP contribution is 2.11. The van der Waals surface area contributed by atoms with Crippen LogP contribution in [0.25, 0.3) is 0 Å². The van der Waals surface area contributed by atoms with Gasteiger partial charge in [0.25, 0.3) is 0 Å². The minimum Gasteiger partial charge on any atom is -0.380 e. The van der Waals surface area contributed by atoms with E-state index < -0.39 is 0 Å². The van der Waals surface area contributed by atoms with Crippen LogP contribution in [0.5, 0.6) is 0 Å². The maximum Gasteiger partial charge on any atom is 0.151 e. The highest BCUT2D eigenvalue weighted by molar-refractivity contribution is 5.80. The molecule has 0 radical (unpaired) electrons. The van der Waals surface area contributed by atoms with Crippen LogP contribution < -0.4 is 0 Å². The van der Waals surface area contributed by atoms with Crippen LogP contribution in [-0.4, -0.2) is 13.4 Å². The molecule has 3 aromatic carbocycles. The van der Waals surface area contributed by atoms with Crippen LogP contribution in [0, 0.1) is 54.3 Å². The van der Waals surface area contributed by atoms with Crippen LogP contribution in [0.15, 0.2) is 66.7 Å². The molecular weight excluding hydrogens is 392 g/mol. The van der Waals surface area contributed by atoms with Crippen LogP contribution in [0.2, 0.25) is 0 Å². The van der Waals surface area contributed by atoms with E-state index >= 15 is 0 Å². The van der Waals surface area contributed by atoms with Crippen molar-refractivity contribution < 1.29 is 9.53 Å². The Labute approximate surface area is 189 Å². The number of hydrogen-bond acceptors (Lipinski definition) is 2. The number of aldehydes is 1. The summed E-state index contributed by atoms with van der Waals surface area (Å²) in [5, 5.41) is 0. The zero-order valence-electron chi connectivity index (χ0n) is 18.0. The lowest BCUT2D eigenvalue weighted by Gasteiger charge is -2.01. The molecule has 0 unspecified atom stereocenters. The predicted molar refractivity (Wildman–Crippen MR) is 128 cm³/mol. The molecule has 0 heterocycles. The van der Waals surface area contributed by atoms with Crippen molar-refractivity contribution in [3.05, 3.63) is 106 Å². The summed E-state index contributed by atoms with van der Waals surface area (Å²) >= 11 is 0. The van der Waals surface area contributed by atoms with Crippen molar-refractivity contribution in [1.82, 2.24) is 0 Å². The van der Waals surface area contributed by atoms with Gasteiger partial charge in [0.2, 0.25) is 0 Å². The molecule has 2 nitrogen and oxygen atoms in total. The molecule has 0 fully saturated rings. The number of carbonyl (C=O) groups excluding carboxylic acids is 1. The third kappa shape index (κ3) is 6.02. The van der Waals surface area contributed by atoms with Crippen LogP contribution in [-0.2, 0) is 11.3 Å². The molecule has 2 heteroatoms. The van der Waals surface area contributed by atoms with Gasteiger partial charge in [-0.1, -0.05) is 72.2 Å². The van der Waals surface area contributed by atoms with Crippen LogP contribution in [0.4, 0.5) is 0 Å². The summed E-state index contributed by atoms with van der Waals surface area (Å²) in [6.07, 6.45) is 0.810. The number of aryl methyl sites for hydroxylation is 1. The van der Waals surface area contributed by atoms with Gasteiger partial charge in [-0.15, -0.1) is 0 Å². The van der Waals surface area contributed by atoms with Crippen molar-refractivity contribution in [2.24, 2.45) is 0 Å². The fourth-order valence-electron chi connectivity index (χ4n) is 2.97. The van der Waals surface area contributed by atoms with Crippen molar-refractivity contribution in [3.63, 3.8) is 0 Å². The predicted octanol–water partition coefficient (Wildman–Crippen LogP) is 4.76. The number of ether oxygens (including phenoxy) is 1. The van der Waals surface area contributed by atoms with E-state index in [0.29, 0.717) is 17.7 Å². The Bertz CT molecular complexity index is 1380. The summed E-state index contributed by atoms with van der Waals surface area (Å²) in [6.45, 7) is 2.43. The Hall–Kier alpha value is -4.47. The molecule has 0 aliphatic rings. The van der Waals surface area contributed by atoms with Crippen molar-refractivity contribution in [2.75, 3.05) is 7.11 Å². The van der Waals surface area contributed by atoms with E-state index in [1.165, 1.54) is 0 Å². The molecule has 0 saturated heterocycles. The maximum absolute atomic E-state index is 11.2. The first-order chi connectivity index (χ1) is 15.7. The normalized spacial score (nSPS) is 8.94. The van der Waals surface area contributed by atoms with Crippen LogP contribution in [0.3, 0.4) is 0 Å². The molecule has 0 aromatic heterocycles. The summed E-state index contributed by atoms with van der Waals surface area (Å²) in [5.74, 6) is 23.7. The molecule has 0 aliphatic carbocycles.